The number of aromatic hydroxyl groups is 3. The van der Waals surface area contributed by atoms with Gasteiger partial charge in [0, 0.05) is 78.4 Å². The minimum atomic E-state index is -2.35. The third-order valence-electron chi connectivity index (χ3n) is 26.6. The standard InChI is InChI=1S/C99H118Cl3N7O35/c1-6-45(25-42(2)3)92(132)107-76-63(117)29-52(32-72(103)120)93(133)106-75-51-30-68(138-66-22-17-49(78(76)121)27-58(66)101)89(144-98-90(86(129)83(126)71(40-112)141-98)142-73-35-99(5,91(131)43(4)137-73)105-36-44-10-12-46(13-11-44)47-14-19-53(100)20-15-47)69(31-51)139-67-23-18-50(28-59(67)102)79(122)77-95(135)109-96(136-41-113)56-34-62(116)57(80(123)74(56)55-26-48(16-21-60(55)114)54(33-64(75)118)94(134)108-77)37-104-24-8-7-9-61(115)81(124)85(128)88(65(119)38-110)143-97-87(130)84(127)82(125)70(39-111)140-97/h10-23,26-28,30-31,34,41-43,45,52,54,65,70-71,73,75-79,81-88,90-91,96-98,104-105,110-112,114,116,119,121-131H,6-9,24-25,29,32-33,35-40H2,1-5H3,(H2,103,120)(H,106,133)(H,107,132)(H,108,134)(H,109,135)/t43?,45-,52+,54+,65-,70?,71-,73+,75-,76+,77+,78-,79-,81+,82+,83?,84?,85-,86?,87+,88-,90-,91-,96-,97+,98?,99?/m1/s1. The van der Waals surface area contributed by atoms with Gasteiger partial charge in [-0.1, -0.05) is 110 Å². The average Bonchev–Trinajstić information content (AvgIpc) is 0.753. The van der Waals surface area contributed by atoms with Crippen molar-refractivity contribution >= 4 is 88.2 Å². The summed E-state index contributed by atoms with van der Waals surface area (Å²) in [6.07, 6.45) is -41.7. The number of primary amides is 1. The predicted molar refractivity (Wildman–Crippen MR) is 506 cm³/mol. The Morgan fingerprint density at radius 1 is 0.653 bits per heavy atom. The molecule has 45 heteroatoms. The first-order chi connectivity index (χ1) is 68.5. The number of halogens is 3. The van der Waals surface area contributed by atoms with Crippen LogP contribution in [0.1, 0.15) is 162 Å². The van der Waals surface area contributed by atoms with Crippen LogP contribution in [-0.4, -0.2) is 288 Å². The fourth-order valence-corrected chi connectivity index (χ4v) is 19.0. The number of ether oxygens (including phenoxy) is 9. The number of hydrogen-bond donors (Lipinski definition) is 24. The first kappa shape index (κ1) is 110. The molecule has 5 amide bonds. The van der Waals surface area contributed by atoms with E-state index in [0.717, 1.165) is 71.3 Å². The normalized spacial score (nSPS) is 28.4. The molecule has 0 saturated carbocycles. The lowest BCUT2D eigenvalue weighted by atomic mass is 9.84. The molecular weight excluding hydrogens is 1950 g/mol. The largest absolute Gasteiger partial charge is 0.507 e. The summed E-state index contributed by atoms with van der Waals surface area (Å²) in [5.41, 5.74) is 4.09. The number of aliphatic hydroxyl groups is 14. The summed E-state index contributed by atoms with van der Waals surface area (Å²) in [7, 11) is 0. The zero-order valence-electron chi connectivity index (χ0n) is 78.5. The molecular formula is C99H118Cl3N7O35. The number of aliphatic hydroxyl groups excluding tert-OH is 14. The molecule has 7 unspecified atom stereocenters. The van der Waals surface area contributed by atoms with Gasteiger partial charge < -0.3 is 167 Å². The van der Waals surface area contributed by atoms with Crippen LogP contribution in [0.2, 0.25) is 15.1 Å². The van der Waals surface area contributed by atoms with Gasteiger partial charge in [0.05, 0.1) is 59.5 Å². The third-order valence-corrected chi connectivity index (χ3v) is 27.5. The molecule has 0 radical (unpaired) electrons. The number of nitrogens with two attached hydrogens (primary N) is 1. The lowest BCUT2D eigenvalue weighted by molar-refractivity contribution is -0.334. The van der Waals surface area contributed by atoms with Crippen molar-refractivity contribution in [3.8, 4) is 68.2 Å². The van der Waals surface area contributed by atoms with Gasteiger partial charge in [-0.15, -0.1) is 0 Å². The highest BCUT2D eigenvalue weighted by molar-refractivity contribution is 6.32. The molecule has 0 aromatic heterocycles. The molecule has 8 aliphatic rings. The van der Waals surface area contributed by atoms with Gasteiger partial charge in [0.15, 0.2) is 47.5 Å². The number of amides is 5. The number of phenols is 3. The summed E-state index contributed by atoms with van der Waals surface area (Å²) >= 11 is 20.7. The third kappa shape index (κ3) is 25.2. The number of benzene rings is 7. The molecule has 0 spiro atoms. The van der Waals surface area contributed by atoms with Crippen molar-refractivity contribution in [2.24, 2.45) is 23.5 Å². The molecule has 15 rings (SSSR count). The molecule has 7 aromatic rings. The minimum absolute atomic E-state index is 0.0306. The SMILES string of the molecule is CC[C@H](CC(C)C)C(=O)N[C@H]1C(=O)C[C@@H](CC(N)=O)C(=O)N[C@H]2C(=O)C[C@@H]3C(=O)N[C@H](C(=O)N[C@H](OC=O)c4cc(O)c(CNCCCCC(=O)[C@H](O)[C@@H](O)[C@H](O[C@@H]5OC(CO)[C@H](O)C(O)[C@@H]5O)[C@H](O)CO)c(O)c4-c4cc3ccc4O)[C@H](O)c3ccc(c(Cl)c3)Oc3cc2cc(c3OC2O[C@H](CO)C(O)C(O)[C@H]2O[C@H]2CC(C)(NCc3ccc(-c4ccc(Cl)cc4)cc3)[C@H](O)C(C)O2)Oc2ccc(cc2Cl)[C@H]1O. The van der Waals surface area contributed by atoms with Crippen LogP contribution in [0.4, 0.5) is 0 Å². The minimum Gasteiger partial charge on any atom is -0.507 e. The fourth-order valence-electron chi connectivity index (χ4n) is 18.4. The molecule has 8 heterocycles. The summed E-state index contributed by atoms with van der Waals surface area (Å²) in [4.78, 5) is 134. The van der Waals surface area contributed by atoms with Crippen LogP contribution in [0.15, 0.2) is 121 Å². The van der Waals surface area contributed by atoms with E-state index in [1.807, 2.05) is 50.2 Å². The number of hydrogen-bond acceptors (Lipinski definition) is 37. The van der Waals surface area contributed by atoms with Gasteiger partial charge in [0.1, 0.15) is 126 Å². The summed E-state index contributed by atoms with van der Waals surface area (Å²) in [5, 5.41) is 209. The maximum atomic E-state index is 16.7. The number of phenolic OH excluding ortho intramolecular Hbond substituents is 3. The number of fused-ring (bicyclic) bond motifs is 15. The van der Waals surface area contributed by atoms with Crippen LogP contribution < -0.4 is 51.8 Å². The van der Waals surface area contributed by atoms with Gasteiger partial charge in [-0.25, -0.2) is 0 Å². The van der Waals surface area contributed by atoms with E-state index in [-0.39, 0.29) is 84.2 Å². The predicted octanol–water partition coefficient (Wildman–Crippen LogP) is 2.81. The van der Waals surface area contributed by atoms with Gasteiger partial charge in [-0.05, 0) is 158 Å². The van der Waals surface area contributed by atoms with Crippen LogP contribution in [0, 0.1) is 17.8 Å². The van der Waals surface area contributed by atoms with Crippen LogP contribution in [-0.2, 0) is 84.7 Å². The van der Waals surface area contributed by atoms with Gasteiger partial charge in [-0.2, -0.15) is 0 Å². The zero-order chi connectivity index (χ0) is 104. The van der Waals surface area contributed by atoms with E-state index in [1.165, 1.54) is 18.2 Å². The molecule has 3 fully saturated rings. The molecule has 42 nitrogen and oxygen atoms in total. The highest BCUT2D eigenvalue weighted by Crippen LogP contribution is 2.52. The van der Waals surface area contributed by atoms with Crippen LogP contribution >= 0.6 is 34.8 Å². The number of Topliss-reactive ketones (excluding diaryl/α,β-unsaturated/α-hetero) is 3. The van der Waals surface area contributed by atoms with Crippen molar-refractivity contribution in [3.63, 3.8) is 0 Å². The lowest BCUT2D eigenvalue weighted by Gasteiger charge is -2.48. The Bertz CT molecular complexity index is 5780. The Balaban J connectivity index is 0.908. The molecule has 7 aromatic carbocycles. The zero-order valence-corrected chi connectivity index (χ0v) is 80.7. The summed E-state index contributed by atoms with van der Waals surface area (Å²) < 4.78 is 56.1. The Morgan fingerprint density at radius 3 is 1.88 bits per heavy atom. The van der Waals surface area contributed by atoms with Gasteiger partial charge in [-0.3, -0.25) is 43.2 Å². The van der Waals surface area contributed by atoms with E-state index in [1.54, 1.807) is 32.9 Å². The van der Waals surface area contributed by atoms with E-state index in [0.29, 0.717) is 11.4 Å². The molecule has 0 aliphatic carbocycles. The number of carbonyl (C=O) groups is 9. The molecule has 144 heavy (non-hydrogen) atoms. The second kappa shape index (κ2) is 48.2. The number of unbranched alkanes of at least 4 members (excludes halogenated alkanes) is 1. The van der Waals surface area contributed by atoms with Crippen LogP contribution in [0.25, 0.3) is 22.3 Å². The molecule has 25 N–H and O–H groups in total. The van der Waals surface area contributed by atoms with Gasteiger partial charge in [0.2, 0.25) is 47.8 Å². The van der Waals surface area contributed by atoms with Crippen molar-refractivity contribution in [3.05, 3.63) is 175 Å². The molecule has 8 aliphatic heterocycles. The van der Waals surface area contributed by atoms with Crippen molar-refractivity contribution < 1.29 is 173 Å². The van der Waals surface area contributed by atoms with Crippen LogP contribution in [0.5, 0.6) is 46.0 Å². The van der Waals surface area contributed by atoms with E-state index in [4.69, 9.17) is 83.2 Å². The first-order valence-electron chi connectivity index (χ1n) is 46.7. The molecule has 11 bridgehead atoms. The quantitative estimate of drug-likeness (QED) is 0.0208. The highest BCUT2D eigenvalue weighted by Gasteiger charge is 2.54. The maximum absolute atomic E-state index is 16.7. The van der Waals surface area contributed by atoms with E-state index < -0.39 is 331 Å². The average molecular weight is 2070 g/mol. The summed E-state index contributed by atoms with van der Waals surface area (Å²) in [6.45, 7) is 5.06. The first-order valence-corrected chi connectivity index (χ1v) is 47.9. The second-order valence-corrected chi connectivity index (χ2v) is 38.5. The highest BCUT2D eigenvalue weighted by atomic mass is 35.5. The topological polar surface area (TPSA) is 679 Å². The monoisotopic (exact) mass is 2070 g/mol. The Hall–Kier alpha value is -10.8. The molecule has 780 valence electrons. The lowest BCUT2D eigenvalue weighted by Crippen LogP contribution is -2.65. The Kier molecular flexibility index (Phi) is 37.0. The van der Waals surface area contributed by atoms with Gasteiger partial charge in [0.25, 0.3) is 6.47 Å². The van der Waals surface area contributed by atoms with Crippen molar-refractivity contribution in [2.75, 3.05) is 26.4 Å². The molecule has 3 saturated heterocycles. The number of carbonyl (C=O) groups excluding carboxylic acids is 9. The Labute approximate surface area is 839 Å². The smallest absolute Gasteiger partial charge is 0.295 e. The van der Waals surface area contributed by atoms with Crippen molar-refractivity contribution in [1.29, 1.82) is 0 Å². The van der Waals surface area contributed by atoms with E-state index in [9.17, 15) is 106 Å². The molecule has 27 atom stereocenters. The van der Waals surface area contributed by atoms with Gasteiger partial charge >= 0.3 is 0 Å². The maximum Gasteiger partial charge on any atom is 0.295 e. The van der Waals surface area contributed by atoms with Crippen LogP contribution in [0.3, 0.4) is 0 Å². The van der Waals surface area contributed by atoms with Crippen molar-refractivity contribution in [1.82, 2.24) is 31.9 Å². The summed E-state index contributed by atoms with van der Waals surface area (Å²) in [6, 6.07) is 21.6. The number of nitrogens with one attached hydrogen (secondary N) is 6. The van der Waals surface area contributed by atoms with E-state index in [2.05, 4.69) is 31.9 Å². The fraction of sp³-hybridized carbons (Fsp3) is 0.485. The number of rotatable bonds is 33. The second-order valence-electron chi connectivity index (χ2n) is 37.2. The van der Waals surface area contributed by atoms with Crippen molar-refractivity contribution in [2.45, 2.75) is 258 Å². The number of ketones is 3. The van der Waals surface area contributed by atoms with E-state index >= 15 is 24.0 Å². The Morgan fingerprint density at radius 2 is 1.27 bits per heavy atom. The summed E-state index contributed by atoms with van der Waals surface area (Å²) in [5.74, 6) is -19.3.